The van der Waals surface area contributed by atoms with Crippen molar-refractivity contribution in [1.82, 2.24) is 20.4 Å². The summed E-state index contributed by atoms with van der Waals surface area (Å²) in [5.74, 6) is 0.836. The molecule has 2 aromatic heterocycles. The number of pyridine rings is 1. The lowest BCUT2D eigenvalue weighted by molar-refractivity contribution is -0.121. The van der Waals surface area contributed by atoms with E-state index in [1.54, 1.807) is 6.20 Å². The second-order valence-electron chi connectivity index (χ2n) is 6.16. The van der Waals surface area contributed by atoms with E-state index in [9.17, 15) is 4.79 Å². The van der Waals surface area contributed by atoms with Crippen LogP contribution in [0.15, 0.2) is 64.8 Å². The van der Waals surface area contributed by atoms with Crippen LogP contribution in [0.2, 0.25) is 0 Å². The predicted molar refractivity (Wildman–Crippen MR) is 96.8 cm³/mol. The highest BCUT2D eigenvalue weighted by Crippen LogP contribution is 2.46. The molecule has 1 atom stereocenters. The predicted octanol–water partition coefficient (Wildman–Crippen LogP) is 2.89. The summed E-state index contributed by atoms with van der Waals surface area (Å²) in [5.41, 5.74) is 4.03. The second kappa shape index (κ2) is 6.92. The number of carbonyl (C=O) groups is 1. The first-order valence-corrected chi connectivity index (χ1v) is 8.52. The smallest absolute Gasteiger partial charge is 0.231 e. The Labute approximate surface area is 151 Å². The zero-order chi connectivity index (χ0) is 17.9. The molecule has 1 amide bonds. The van der Waals surface area contributed by atoms with Crippen LogP contribution in [0.1, 0.15) is 18.4 Å². The van der Waals surface area contributed by atoms with Gasteiger partial charge in [-0.2, -0.15) is 4.98 Å². The van der Waals surface area contributed by atoms with E-state index >= 15 is 0 Å². The van der Waals surface area contributed by atoms with Crippen molar-refractivity contribution in [3.8, 4) is 11.5 Å². The minimum absolute atomic E-state index is 0.0193. The fourth-order valence-corrected chi connectivity index (χ4v) is 3.02. The number of aromatic nitrogens is 3. The van der Waals surface area contributed by atoms with Crippen molar-refractivity contribution in [3.63, 3.8) is 0 Å². The molecule has 1 aromatic carbocycles. The van der Waals surface area contributed by atoms with E-state index in [0.29, 0.717) is 30.4 Å². The van der Waals surface area contributed by atoms with Gasteiger partial charge in [-0.1, -0.05) is 47.1 Å². The normalized spacial score (nSPS) is 15.8. The molecule has 4 rings (SSSR count). The Morgan fingerprint density at radius 1 is 1.15 bits per heavy atom. The molecule has 0 spiro atoms. The van der Waals surface area contributed by atoms with Crippen molar-refractivity contribution in [2.75, 3.05) is 6.54 Å². The van der Waals surface area contributed by atoms with Gasteiger partial charge in [-0.15, -0.1) is 0 Å². The molecule has 26 heavy (non-hydrogen) atoms. The topological polar surface area (TPSA) is 80.9 Å². The molecular weight excluding hydrogens is 328 g/mol. The van der Waals surface area contributed by atoms with Crippen LogP contribution in [-0.4, -0.2) is 27.6 Å². The average Bonchev–Trinajstić information content (AvgIpc) is 3.13. The van der Waals surface area contributed by atoms with Crippen LogP contribution in [0, 0.1) is 5.92 Å². The summed E-state index contributed by atoms with van der Waals surface area (Å²) >= 11 is 0. The molecule has 1 aliphatic rings. The van der Waals surface area contributed by atoms with Crippen molar-refractivity contribution in [2.24, 2.45) is 5.92 Å². The van der Waals surface area contributed by atoms with Gasteiger partial charge in [-0.3, -0.25) is 9.78 Å². The van der Waals surface area contributed by atoms with Crippen LogP contribution in [0.4, 0.5) is 0 Å². The highest BCUT2D eigenvalue weighted by Gasteiger charge is 2.39. The maximum atomic E-state index is 12.4. The van der Waals surface area contributed by atoms with Crippen LogP contribution in [0.5, 0.6) is 0 Å². The number of benzene rings is 1. The van der Waals surface area contributed by atoms with E-state index in [0.717, 1.165) is 16.7 Å². The van der Waals surface area contributed by atoms with E-state index in [4.69, 9.17) is 4.52 Å². The monoisotopic (exact) mass is 346 g/mol. The molecule has 1 N–H and O–H groups in total. The van der Waals surface area contributed by atoms with E-state index in [1.807, 2.05) is 55.5 Å². The van der Waals surface area contributed by atoms with Crippen molar-refractivity contribution >= 4 is 11.5 Å². The summed E-state index contributed by atoms with van der Waals surface area (Å²) < 4.78 is 5.23. The zero-order valence-corrected chi connectivity index (χ0v) is 14.3. The number of rotatable bonds is 6. The fourth-order valence-electron chi connectivity index (χ4n) is 3.02. The zero-order valence-electron chi connectivity index (χ0n) is 14.3. The molecule has 3 aromatic rings. The molecule has 0 unspecified atom stereocenters. The number of hydrogen-bond acceptors (Lipinski definition) is 5. The Morgan fingerprint density at radius 3 is 2.73 bits per heavy atom. The number of hydrogen-bond donors (Lipinski definition) is 1. The van der Waals surface area contributed by atoms with Gasteiger partial charge in [0.05, 0.1) is 5.92 Å². The maximum absolute atomic E-state index is 12.4. The molecule has 0 saturated carbocycles. The Morgan fingerprint density at radius 2 is 1.96 bits per heavy atom. The molecule has 0 saturated heterocycles. The van der Waals surface area contributed by atoms with Crippen LogP contribution >= 0.6 is 0 Å². The first-order chi connectivity index (χ1) is 12.7. The van der Waals surface area contributed by atoms with Gasteiger partial charge in [0.2, 0.25) is 17.6 Å². The van der Waals surface area contributed by atoms with Crippen molar-refractivity contribution in [1.29, 1.82) is 0 Å². The van der Waals surface area contributed by atoms with Gasteiger partial charge in [0.25, 0.3) is 0 Å². The van der Waals surface area contributed by atoms with Gasteiger partial charge in [0.1, 0.15) is 5.69 Å². The Hall–Kier alpha value is -3.28. The SMILES string of the molecule is CC1=C(c2ccccc2)[C@@H]1C(=O)NCCc1nc(-c2ccccn2)no1. The Bertz CT molecular complexity index is 948. The van der Waals surface area contributed by atoms with Crippen LogP contribution in [0.25, 0.3) is 17.1 Å². The third kappa shape index (κ3) is 3.26. The summed E-state index contributed by atoms with van der Waals surface area (Å²) in [6.07, 6.45) is 2.17. The Balaban J connectivity index is 1.29. The van der Waals surface area contributed by atoms with Crippen molar-refractivity contribution in [2.45, 2.75) is 13.3 Å². The van der Waals surface area contributed by atoms with Crippen LogP contribution in [0.3, 0.4) is 0 Å². The first-order valence-electron chi connectivity index (χ1n) is 8.52. The highest BCUT2D eigenvalue weighted by molar-refractivity contribution is 6.05. The lowest BCUT2D eigenvalue weighted by atomic mass is 10.1. The van der Waals surface area contributed by atoms with Crippen molar-refractivity contribution in [3.05, 3.63) is 71.8 Å². The first kappa shape index (κ1) is 16.2. The molecular formula is C20H18N4O2. The van der Waals surface area contributed by atoms with E-state index < -0.39 is 0 Å². The molecule has 0 radical (unpaired) electrons. The molecule has 0 fully saturated rings. The molecule has 0 aliphatic heterocycles. The summed E-state index contributed by atoms with van der Waals surface area (Å²) in [6, 6.07) is 15.5. The summed E-state index contributed by atoms with van der Waals surface area (Å²) in [4.78, 5) is 20.9. The van der Waals surface area contributed by atoms with Crippen LogP contribution < -0.4 is 5.32 Å². The maximum Gasteiger partial charge on any atom is 0.231 e. The minimum atomic E-state index is -0.121. The quantitative estimate of drug-likeness (QED) is 0.742. The molecule has 130 valence electrons. The molecule has 0 bridgehead atoms. The summed E-state index contributed by atoms with van der Waals surface area (Å²) in [6.45, 7) is 2.46. The van der Waals surface area contributed by atoms with E-state index in [2.05, 4.69) is 20.4 Å². The Kier molecular flexibility index (Phi) is 4.31. The average molecular weight is 346 g/mol. The number of nitrogens with zero attached hydrogens (tertiary/aromatic N) is 3. The van der Waals surface area contributed by atoms with Crippen LogP contribution in [-0.2, 0) is 11.2 Å². The van der Waals surface area contributed by atoms with Gasteiger partial charge < -0.3 is 9.84 Å². The van der Waals surface area contributed by atoms with Gasteiger partial charge in [0, 0.05) is 19.2 Å². The molecule has 6 heteroatoms. The minimum Gasteiger partial charge on any atom is -0.355 e. The lowest BCUT2D eigenvalue weighted by Gasteiger charge is -2.04. The second-order valence-corrected chi connectivity index (χ2v) is 6.16. The van der Waals surface area contributed by atoms with E-state index in [-0.39, 0.29) is 11.8 Å². The molecule has 2 heterocycles. The standard InChI is InChI=1S/C20H18N4O2/c1-13-17(14-7-3-2-4-8-14)18(13)20(25)22-12-10-16-23-19(24-26-16)15-9-5-6-11-21-15/h2-9,11,18H,10,12H2,1H3,(H,22,25)/t18-/m1/s1. The highest BCUT2D eigenvalue weighted by atomic mass is 16.5. The summed E-state index contributed by atoms with van der Waals surface area (Å²) in [7, 11) is 0. The summed E-state index contributed by atoms with van der Waals surface area (Å²) in [5, 5.41) is 6.87. The number of nitrogens with one attached hydrogen (secondary N) is 1. The third-order valence-corrected chi connectivity index (χ3v) is 4.41. The number of amides is 1. The van der Waals surface area contributed by atoms with Gasteiger partial charge in [-0.05, 0) is 30.2 Å². The number of carbonyl (C=O) groups excluding carboxylic acids is 1. The largest absolute Gasteiger partial charge is 0.355 e. The van der Waals surface area contributed by atoms with E-state index in [1.165, 1.54) is 0 Å². The van der Waals surface area contributed by atoms with Gasteiger partial charge >= 0.3 is 0 Å². The third-order valence-electron chi connectivity index (χ3n) is 4.41. The van der Waals surface area contributed by atoms with Gasteiger partial charge in [-0.25, -0.2) is 0 Å². The fraction of sp³-hybridized carbons (Fsp3) is 0.200. The molecule has 6 nitrogen and oxygen atoms in total. The molecule has 1 aliphatic carbocycles. The van der Waals surface area contributed by atoms with Gasteiger partial charge in [0.15, 0.2) is 0 Å². The lowest BCUT2D eigenvalue weighted by Crippen LogP contribution is -2.28. The van der Waals surface area contributed by atoms with Crippen molar-refractivity contribution < 1.29 is 9.32 Å².